The Kier molecular flexibility index (Phi) is 4.80. The largest absolute Gasteiger partial charge is 0.491 e. The fraction of sp³-hybridized carbons (Fsp3) is 0.400. The standard InChI is InChI=1S/C15H20N2OS/c1-4-12(3)18-14-7-5-6-13(8-14)16-9-15-17-11(2)10-19-15/h5-8,10,12,16H,4,9H2,1-3H3. The summed E-state index contributed by atoms with van der Waals surface area (Å²) in [5.74, 6) is 0.912. The van der Waals surface area contributed by atoms with Crippen molar-refractivity contribution in [3.05, 3.63) is 40.3 Å². The summed E-state index contributed by atoms with van der Waals surface area (Å²) >= 11 is 1.68. The fourth-order valence-corrected chi connectivity index (χ4v) is 2.37. The van der Waals surface area contributed by atoms with Gasteiger partial charge in [0.25, 0.3) is 0 Å². The van der Waals surface area contributed by atoms with Crippen LogP contribution in [0, 0.1) is 6.92 Å². The molecule has 2 aromatic rings. The first-order valence-corrected chi connectivity index (χ1v) is 7.47. The molecule has 19 heavy (non-hydrogen) atoms. The van der Waals surface area contributed by atoms with E-state index in [1.54, 1.807) is 11.3 Å². The number of benzene rings is 1. The first-order chi connectivity index (χ1) is 9.17. The van der Waals surface area contributed by atoms with Crippen LogP contribution < -0.4 is 10.1 Å². The molecule has 102 valence electrons. The van der Waals surface area contributed by atoms with E-state index in [1.165, 1.54) is 0 Å². The van der Waals surface area contributed by atoms with Crippen LogP contribution in [0.3, 0.4) is 0 Å². The molecular formula is C15H20N2OS. The Morgan fingerprint density at radius 1 is 1.42 bits per heavy atom. The summed E-state index contributed by atoms with van der Waals surface area (Å²) in [7, 11) is 0. The Morgan fingerprint density at radius 2 is 2.26 bits per heavy atom. The normalized spacial score (nSPS) is 12.2. The quantitative estimate of drug-likeness (QED) is 0.857. The van der Waals surface area contributed by atoms with Gasteiger partial charge in [0, 0.05) is 22.8 Å². The van der Waals surface area contributed by atoms with Crippen LogP contribution in [0.1, 0.15) is 31.0 Å². The zero-order valence-electron chi connectivity index (χ0n) is 11.6. The van der Waals surface area contributed by atoms with Gasteiger partial charge in [-0.1, -0.05) is 13.0 Å². The number of nitrogens with one attached hydrogen (secondary N) is 1. The van der Waals surface area contributed by atoms with Crippen molar-refractivity contribution in [1.82, 2.24) is 4.98 Å². The van der Waals surface area contributed by atoms with E-state index in [0.717, 1.165) is 35.1 Å². The second-order valence-corrected chi connectivity index (χ2v) is 5.54. The van der Waals surface area contributed by atoms with Crippen molar-refractivity contribution in [1.29, 1.82) is 0 Å². The van der Waals surface area contributed by atoms with Crippen molar-refractivity contribution >= 4 is 17.0 Å². The average Bonchev–Trinajstić information content (AvgIpc) is 2.82. The van der Waals surface area contributed by atoms with Crippen LogP contribution in [0.2, 0.25) is 0 Å². The van der Waals surface area contributed by atoms with Gasteiger partial charge in [-0.2, -0.15) is 0 Å². The van der Waals surface area contributed by atoms with E-state index in [0.29, 0.717) is 0 Å². The van der Waals surface area contributed by atoms with E-state index in [4.69, 9.17) is 4.74 Å². The predicted octanol–water partition coefficient (Wildman–Crippen LogP) is 4.24. The van der Waals surface area contributed by atoms with Gasteiger partial charge < -0.3 is 10.1 Å². The summed E-state index contributed by atoms with van der Waals surface area (Å²) in [4.78, 5) is 4.43. The molecule has 0 radical (unpaired) electrons. The molecule has 0 aliphatic heterocycles. The fourth-order valence-electron chi connectivity index (χ4n) is 1.66. The van der Waals surface area contributed by atoms with Crippen LogP contribution in [-0.2, 0) is 6.54 Å². The van der Waals surface area contributed by atoms with E-state index in [9.17, 15) is 0 Å². The van der Waals surface area contributed by atoms with E-state index < -0.39 is 0 Å². The van der Waals surface area contributed by atoms with Crippen LogP contribution >= 0.6 is 11.3 Å². The molecule has 0 aliphatic rings. The Hall–Kier alpha value is -1.55. The Morgan fingerprint density at radius 3 is 2.95 bits per heavy atom. The van der Waals surface area contributed by atoms with Crippen molar-refractivity contribution in [2.75, 3.05) is 5.32 Å². The number of anilines is 1. The van der Waals surface area contributed by atoms with Crippen molar-refractivity contribution in [3.8, 4) is 5.75 Å². The van der Waals surface area contributed by atoms with Crippen molar-refractivity contribution in [2.24, 2.45) is 0 Å². The summed E-state index contributed by atoms with van der Waals surface area (Å²) in [6.45, 7) is 6.97. The van der Waals surface area contributed by atoms with Gasteiger partial charge in [0.15, 0.2) is 0 Å². The minimum atomic E-state index is 0.247. The van der Waals surface area contributed by atoms with Gasteiger partial charge in [-0.3, -0.25) is 0 Å². The summed E-state index contributed by atoms with van der Waals surface area (Å²) in [6.07, 6.45) is 1.26. The topological polar surface area (TPSA) is 34.1 Å². The molecule has 4 heteroatoms. The number of nitrogens with zero attached hydrogens (tertiary/aromatic N) is 1. The lowest BCUT2D eigenvalue weighted by molar-refractivity contribution is 0.217. The predicted molar refractivity (Wildman–Crippen MR) is 81.0 cm³/mol. The highest BCUT2D eigenvalue weighted by molar-refractivity contribution is 7.09. The zero-order chi connectivity index (χ0) is 13.7. The Labute approximate surface area is 118 Å². The number of rotatable bonds is 6. The van der Waals surface area contributed by atoms with Crippen LogP contribution in [-0.4, -0.2) is 11.1 Å². The van der Waals surface area contributed by atoms with Crippen molar-refractivity contribution < 1.29 is 4.74 Å². The molecule has 0 fully saturated rings. The smallest absolute Gasteiger partial charge is 0.121 e. The molecule has 3 nitrogen and oxygen atoms in total. The maximum Gasteiger partial charge on any atom is 0.121 e. The first kappa shape index (κ1) is 13.9. The third-order valence-electron chi connectivity index (χ3n) is 2.86. The molecule has 0 spiro atoms. The van der Waals surface area contributed by atoms with E-state index in [2.05, 4.69) is 29.5 Å². The lowest BCUT2D eigenvalue weighted by Gasteiger charge is -2.13. The summed E-state index contributed by atoms with van der Waals surface area (Å²) in [5, 5.41) is 6.55. The van der Waals surface area contributed by atoms with Crippen LogP contribution in [0.4, 0.5) is 5.69 Å². The van der Waals surface area contributed by atoms with Gasteiger partial charge in [0.05, 0.1) is 12.6 Å². The SMILES string of the molecule is CCC(C)Oc1cccc(NCc2nc(C)cs2)c1. The molecule has 0 bridgehead atoms. The molecule has 0 aliphatic carbocycles. The van der Waals surface area contributed by atoms with Gasteiger partial charge in [-0.15, -0.1) is 11.3 Å². The van der Waals surface area contributed by atoms with E-state index in [1.807, 2.05) is 31.2 Å². The van der Waals surface area contributed by atoms with Gasteiger partial charge in [-0.25, -0.2) is 4.98 Å². The highest BCUT2D eigenvalue weighted by Crippen LogP contribution is 2.20. The zero-order valence-corrected chi connectivity index (χ0v) is 12.5. The number of hydrogen-bond acceptors (Lipinski definition) is 4. The van der Waals surface area contributed by atoms with Gasteiger partial charge in [-0.05, 0) is 32.4 Å². The number of aryl methyl sites for hydroxylation is 1. The van der Waals surface area contributed by atoms with Gasteiger partial charge in [0.2, 0.25) is 0 Å². The van der Waals surface area contributed by atoms with Crippen LogP contribution in [0.5, 0.6) is 5.75 Å². The molecule has 1 aromatic carbocycles. The van der Waals surface area contributed by atoms with E-state index in [-0.39, 0.29) is 6.10 Å². The molecular weight excluding hydrogens is 256 g/mol. The lowest BCUT2D eigenvalue weighted by Crippen LogP contribution is -2.09. The summed E-state index contributed by atoms with van der Waals surface area (Å²) in [5.41, 5.74) is 2.14. The maximum absolute atomic E-state index is 5.81. The maximum atomic E-state index is 5.81. The van der Waals surface area contributed by atoms with Gasteiger partial charge in [0.1, 0.15) is 10.8 Å². The minimum absolute atomic E-state index is 0.247. The van der Waals surface area contributed by atoms with Crippen LogP contribution in [0.25, 0.3) is 0 Å². The van der Waals surface area contributed by atoms with Gasteiger partial charge >= 0.3 is 0 Å². The second-order valence-electron chi connectivity index (χ2n) is 4.60. The average molecular weight is 276 g/mol. The van der Waals surface area contributed by atoms with Crippen molar-refractivity contribution in [2.45, 2.75) is 39.8 Å². The summed E-state index contributed by atoms with van der Waals surface area (Å²) in [6, 6.07) is 8.08. The molecule has 1 unspecified atom stereocenters. The summed E-state index contributed by atoms with van der Waals surface area (Å²) < 4.78 is 5.81. The van der Waals surface area contributed by atoms with Crippen LogP contribution in [0.15, 0.2) is 29.6 Å². The monoisotopic (exact) mass is 276 g/mol. The molecule has 1 atom stereocenters. The van der Waals surface area contributed by atoms with E-state index >= 15 is 0 Å². The molecule has 1 aromatic heterocycles. The number of ether oxygens (including phenoxy) is 1. The molecule has 0 saturated heterocycles. The molecule has 0 saturated carbocycles. The molecule has 2 rings (SSSR count). The Bertz CT molecular complexity index is 524. The van der Waals surface area contributed by atoms with Crippen molar-refractivity contribution in [3.63, 3.8) is 0 Å². The number of aromatic nitrogens is 1. The minimum Gasteiger partial charge on any atom is -0.491 e. The lowest BCUT2D eigenvalue weighted by atomic mass is 10.2. The number of thiazole rings is 1. The second kappa shape index (κ2) is 6.57. The molecule has 1 heterocycles. The highest BCUT2D eigenvalue weighted by atomic mass is 32.1. The highest BCUT2D eigenvalue weighted by Gasteiger charge is 2.03. The molecule has 0 amide bonds. The third kappa shape index (κ3) is 4.24. The Balaban J connectivity index is 1.95. The number of hydrogen-bond donors (Lipinski definition) is 1. The first-order valence-electron chi connectivity index (χ1n) is 6.59. The third-order valence-corrected chi connectivity index (χ3v) is 3.82. The molecule has 1 N–H and O–H groups in total.